The van der Waals surface area contributed by atoms with Crippen molar-refractivity contribution in [1.82, 2.24) is 15.5 Å². The van der Waals surface area contributed by atoms with Gasteiger partial charge in [0.25, 0.3) is 0 Å². The quantitative estimate of drug-likeness (QED) is 0.0539. The minimum absolute atomic E-state index is 0.118. The first kappa shape index (κ1) is 47.7. The number of phenols is 2. The average molecular weight is 881 g/mol. The van der Waals surface area contributed by atoms with Crippen molar-refractivity contribution in [3.8, 4) is 33.8 Å². The zero-order valence-corrected chi connectivity index (χ0v) is 36.4. The average Bonchev–Trinajstić information content (AvgIpc) is 3.25. The molecule has 5 rings (SSSR count). The summed E-state index contributed by atoms with van der Waals surface area (Å²) in [6, 6.07) is 19.4. The Morgan fingerprint density at radius 1 is 0.889 bits per heavy atom. The number of likely N-dealkylation sites (N-methyl/N-ethyl adjacent to an activating group) is 1. The first-order chi connectivity index (χ1) is 30.0. The van der Waals surface area contributed by atoms with E-state index in [0.717, 1.165) is 18.1 Å². The Morgan fingerprint density at radius 3 is 2.14 bits per heavy atom. The van der Waals surface area contributed by atoms with Crippen molar-refractivity contribution in [2.24, 2.45) is 17.6 Å². The highest BCUT2D eigenvalue weighted by Crippen LogP contribution is 2.40. The third kappa shape index (κ3) is 12.4. The van der Waals surface area contributed by atoms with Crippen molar-refractivity contribution in [3.05, 3.63) is 107 Å². The molecule has 1 heterocycles. The highest BCUT2D eigenvalue weighted by Gasteiger charge is 2.36. The van der Waals surface area contributed by atoms with Gasteiger partial charge >= 0.3 is 5.97 Å². The molecule has 0 spiro atoms. The zero-order chi connectivity index (χ0) is 46.0. The van der Waals surface area contributed by atoms with E-state index in [1.807, 2.05) is 24.3 Å². The molecule has 0 fully saturated rings. The number of fused-ring (bicyclic) bond motifs is 5. The van der Waals surface area contributed by atoms with E-state index in [-0.39, 0.29) is 53.2 Å². The third-order valence-electron chi connectivity index (χ3n) is 11.2. The van der Waals surface area contributed by atoms with E-state index in [0.29, 0.717) is 42.0 Å². The lowest BCUT2D eigenvalue weighted by Gasteiger charge is -2.32. The smallest absolute Gasteiger partial charge is 0.303 e. The summed E-state index contributed by atoms with van der Waals surface area (Å²) in [6.45, 7) is 3.85. The standard InChI is InChI=1S/C48H53ClN4O10/c1-27-21-43(58)45(53(4)48(62)35(7-5-6-20-50)25-42(57)33-11-9-31(10-12-33)32-13-16-36(49)17-14-32)34-15-19-41(56)38(24-34)37-22-30(8-18-40(37)55)23-39(52-46(27)60)47(61)51-28(2)44(59)26-63-29(3)54/h8-19,22,24,27-28,35,39,45,55-56H,5-7,20-21,23,25-26,50H2,1-4H3,(H,51,61)(H,52,60)/t27-,28+,35-,39+,45+/m1/s1. The summed E-state index contributed by atoms with van der Waals surface area (Å²) in [7, 11) is 1.45. The normalized spacial score (nSPS) is 17.3. The summed E-state index contributed by atoms with van der Waals surface area (Å²) in [5, 5.41) is 28.1. The van der Waals surface area contributed by atoms with E-state index >= 15 is 0 Å². The largest absolute Gasteiger partial charge is 0.507 e. The number of ether oxygens (including phenoxy) is 1. The summed E-state index contributed by atoms with van der Waals surface area (Å²) in [6.07, 6.45) is 0.766. The van der Waals surface area contributed by atoms with Crippen molar-refractivity contribution < 1.29 is 48.5 Å². The number of ketones is 3. The van der Waals surface area contributed by atoms with Gasteiger partial charge in [-0.05, 0) is 85.0 Å². The molecule has 0 unspecified atom stereocenters. The van der Waals surface area contributed by atoms with Crippen LogP contribution in [0.3, 0.4) is 0 Å². The summed E-state index contributed by atoms with van der Waals surface area (Å²) >= 11 is 6.05. The number of phenolic OH excluding ortho intramolecular Hbond substituents is 2. The topological polar surface area (TPSA) is 222 Å². The van der Waals surface area contributed by atoms with Crippen LogP contribution in [0.1, 0.15) is 80.4 Å². The van der Waals surface area contributed by atoms with Crippen molar-refractivity contribution in [2.45, 2.75) is 77.4 Å². The molecule has 6 N–H and O–H groups in total. The second-order valence-electron chi connectivity index (χ2n) is 16.0. The van der Waals surface area contributed by atoms with Gasteiger partial charge < -0.3 is 36.2 Å². The van der Waals surface area contributed by atoms with Crippen LogP contribution in [0.5, 0.6) is 11.5 Å². The van der Waals surface area contributed by atoms with E-state index in [1.165, 1.54) is 62.2 Å². The Kier molecular flexibility index (Phi) is 16.4. The first-order valence-corrected chi connectivity index (χ1v) is 21.2. The van der Waals surface area contributed by atoms with Crippen molar-refractivity contribution in [2.75, 3.05) is 20.2 Å². The molecule has 0 saturated heterocycles. The summed E-state index contributed by atoms with van der Waals surface area (Å²) in [4.78, 5) is 95.6. The number of halogens is 1. The van der Waals surface area contributed by atoms with Crippen LogP contribution < -0.4 is 16.4 Å². The Hall–Kier alpha value is -6.38. The number of nitrogens with zero attached hydrogens (tertiary/aromatic N) is 1. The minimum atomic E-state index is -1.31. The molecule has 15 heteroatoms. The molecular weight excluding hydrogens is 828 g/mol. The lowest BCUT2D eigenvalue weighted by molar-refractivity contribution is -0.146. The van der Waals surface area contributed by atoms with Gasteiger partial charge in [0.1, 0.15) is 23.6 Å². The lowest BCUT2D eigenvalue weighted by atomic mass is 9.88. The van der Waals surface area contributed by atoms with Gasteiger partial charge in [0.15, 0.2) is 24.0 Å². The number of rotatable bonds is 15. The minimum Gasteiger partial charge on any atom is -0.507 e. The monoisotopic (exact) mass is 880 g/mol. The fraction of sp³-hybridized carbons (Fsp3) is 0.354. The molecule has 1 aliphatic heterocycles. The van der Waals surface area contributed by atoms with Gasteiger partial charge in [-0.1, -0.05) is 73.5 Å². The molecule has 0 radical (unpaired) electrons. The molecule has 4 aromatic carbocycles. The highest BCUT2D eigenvalue weighted by atomic mass is 35.5. The van der Waals surface area contributed by atoms with Gasteiger partial charge in [-0.15, -0.1) is 0 Å². The predicted molar refractivity (Wildman–Crippen MR) is 237 cm³/mol. The van der Waals surface area contributed by atoms with Crippen LogP contribution >= 0.6 is 11.6 Å². The fourth-order valence-electron chi connectivity index (χ4n) is 7.54. The number of hydrogen-bond acceptors (Lipinski definition) is 11. The van der Waals surface area contributed by atoms with Crippen LogP contribution in [-0.2, 0) is 39.9 Å². The molecule has 4 bridgehead atoms. The van der Waals surface area contributed by atoms with Crippen LogP contribution in [0.2, 0.25) is 5.02 Å². The molecule has 63 heavy (non-hydrogen) atoms. The number of benzene rings is 4. The van der Waals surface area contributed by atoms with E-state index in [1.54, 1.807) is 24.3 Å². The van der Waals surface area contributed by atoms with Crippen LogP contribution in [0, 0.1) is 11.8 Å². The predicted octanol–water partition coefficient (Wildman–Crippen LogP) is 5.88. The lowest BCUT2D eigenvalue weighted by Crippen LogP contribution is -2.53. The van der Waals surface area contributed by atoms with Crippen molar-refractivity contribution >= 4 is 52.6 Å². The van der Waals surface area contributed by atoms with E-state index in [9.17, 15) is 43.8 Å². The molecule has 1 aliphatic rings. The Morgan fingerprint density at radius 2 is 1.51 bits per heavy atom. The first-order valence-electron chi connectivity index (χ1n) is 20.8. The summed E-state index contributed by atoms with van der Waals surface area (Å²) in [5.74, 6) is -6.35. The summed E-state index contributed by atoms with van der Waals surface area (Å²) in [5.41, 5.74) is 9.00. The van der Waals surface area contributed by atoms with Gasteiger partial charge in [-0.2, -0.15) is 0 Å². The molecule has 14 nitrogen and oxygen atoms in total. The number of unbranched alkanes of at least 4 members (excludes halogenated alkanes) is 1. The van der Waals surface area contributed by atoms with Crippen LogP contribution in [-0.4, -0.2) is 88.4 Å². The van der Waals surface area contributed by atoms with Gasteiger partial charge in [-0.3, -0.25) is 33.6 Å². The second kappa shape index (κ2) is 21.6. The maximum Gasteiger partial charge on any atom is 0.303 e. The second-order valence-corrected chi connectivity index (χ2v) is 16.4. The number of Topliss-reactive ketones (excluding diaryl/α,β-unsaturated/α-hetero) is 3. The maximum atomic E-state index is 14.6. The number of carbonyl (C=O) groups excluding carboxylic acids is 7. The van der Waals surface area contributed by atoms with Crippen LogP contribution in [0.4, 0.5) is 0 Å². The third-order valence-corrected chi connectivity index (χ3v) is 11.4. The molecule has 5 atom stereocenters. The number of amides is 3. The Balaban J connectivity index is 1.47. The number of nitrogens with one attached hydrogen (secondary N) is 2. The number of hydrogen-bond donors (Lipinski definition) is 5. The number of aromatic hydroxyl groups is 2. The number of nitrogens with two attached hydrogens (primary N) is 1. The van der Waals surface area contributed by atoms with Crippen molar-refractivity contribution in [1.29, 1.82) is 0 Å². The molecule has 4 aromatic rings. The fourth-order valence-corrected chi connectivity index (χ4v) is 7.67. The summed E-state index contributed by atoms with van der Waals surface area (Å²) < 4.78 is 4.77. The van der Waals surface area contributed by atoms with E-state index in [2.05, 4.69) is 10.6 Å². The molecule has 0 saturated carbocycles. The Labute approximate surface area is 371 Å². The maximum absolute atomic E-state index is 14.6. The zero-order valence-electron chi connectivity index (χ0n) is 35.7. The van der Waals surface area contributed by atoms with Crippen molar-refractivity contribution in [3.63, 3.8) is 0 Å². The Bertz CT molecular complexity index is 2350. The van der Waals surface area contributed by atoms with Gasteiger partial charge in [0.2, 0.25) is 17.7 Å². The van der Waals surface area contributed by atoms with E-state index < -0.39 is 71.8 Å². The van der Waals surface area contributed by atoms with Crippen LogP contribution in [0.15, 0.2) is 84.9 Å². The number of esters is 1. The molecule has 0 aliphatic carbocycles. The van der Waals surface area contributed by atoms with Crippen LogP contribution in [0.25, 0.3) is 22.3 Å². The molecule has 332 valence electrons. The van der Waals surface area contributed by atoms with E-state index in [4.69, 9.17) is 22.1 Å². The van der Waals surface area contributed by atoms with Gasteiger partial charge in [0, 0.05) is 66.8 Å². The molecule has 3 amide bonds. The number of carbonyl (C=O) groups is 7. The highest BCUT2D eigenvalue weighted by molar-refractivity contribution is 6.30. The van der Waals surface area contributed by atoms with Gasteiger partial charge in [0.05, 0.1) is 6.04 Å². The molecular formula is C48H53ClN4O10. The molecule has 0 aromatic heterocycles. The van der Waals surface area contributed by atoms with Gasteiger partial charge in [-0.25, -0.2) is 0 Å². The SMILES string of the molecule is CC(=O)OCC(=O)[C@H](C)NC(=O)[C@@H]1Cc2ccc(O)c(c2)-c2cc(ccc2O)[C@H](N(C)C(=O)[C@H](CCCCN)CC(=O)c2ccc(-c3ccc(Cl)cc3)cc2)C(=O)C[C@@H](C)C(=O)N1.